The van der Waals surface area contributed by atoms with Crippen LogP contribution in [0, 0.1) is 27.4 Å². The number of aromatic amines is 1. The Bertz CT molecular complexity index is 2820. The number of anilines is 2. The molecule has 2 saturated heterocycles. The smallest absolute Gasteiger partial charge is 0.293 e. The van der Waals surface area contributed by atoms with Gasteiger partial charge in [-0.05, 0) is 141 Å². The summed E-state index contributed by atoms with van der Waals surface area (Å²) in [4.78, 5) is 37.3. The fourth-order valence-corrected chi connectivity index (χ4v) is 13.0. The van der Waals surface area contributed by atoms with Crippen molar-refractivity contribution in [3.05, 3.63) is 111 Å². The molecule has 2 aliphatic carbocycles. The Morgan fingerprint density at radius 1 is 0.985 bits per heavy atom. The minimum atomic E-state index is -4.66. The molecule has 3 aromatic carbocycles. The molecule has 67 heavy (non-hydrogen) atoms. The van der Waals surface area contributed by atoms with E-state index in [1.54, 1.807) is 24.4 Å². The topological polar surface area (TPSA) is 183 Å². The molecule has 5 aliphatic rings. The third-order valence-corrected chi connectivity index (χ3v) is 17.1. The van der Waals surface area contributed by atoms with Gasteiger partial charge in [-0.25, -0.2) is 13.1 Å². The number of amides is 1. The number of rotatable bonds is 11. The molecule has 5 heterocycles. The van der Waals surface area contributed by atoms with Gasteiger partial charge >= 0.3 is 0 Å². The summed E-state index contributed by atoms with van der Waals surface area (Å²) >= 11 is 0. The Morgan fingerprint density at radius 3 is 2.49 bits per heavy atom. The zero-order valence-corrected chi connectivity index (χ0v) is 39.2. The van der Waals surface area contributed by atoms with Crippen molar-refractivity contribution in [2.24, 2.45) is 11.3 Å². The van der Waals surface area contributed by atoms with E-state index in [-0.39, 0.29) is 40.1 Å². The zero-order chi connectivity index (χ0) is 46.8. The van der Waals surface area contributed by atoms with Crippen LogP contribution in [0.1, 0.15) is 124 Å². The fraction of sp³-hybridized carbons (Fsp3) is 0.490. The molecule has 1 spiro atoms. The van der Waals surface area contributed by atoms with Crippen LogP contribution in [0.3, 0.4) is 0 Å². The number of nitro groups is 1. The predicted octanol–water partition coefficient (Wildman–Crippen LogP) is 9.55. The van der Waals surface area contributed by atoms with E-state index < -0.39 is 43.0 Å². The summed E-state index contributed by atoms with van der Waals surface area (Å²) in [5.41, 5.74) is 3.69. The van der Waals surface area contributed by atoms with Crippen LogP contribution in [-0.2, 0) is 16.4 Å². The highest BCUT2D eigenvalue weighted by Crippen LogP contribution is 2.49. The van der Waals surface area contributed by atoms with E-state index in [0.717, 1.165) is 63.6 Å². The maximum atomic E-state index is 15.5. The van der Waals surface area contributed by atoms with Gasteiger partial charge in [0.2, 0.25) is 0 Å². The van der Waals surface area contributed by atoms with Crippen LogP contribution < -0.4 is 19.7 Å². The summed E-state index contributed by atoms with van der Waals surface area (Å²) in [6, 6.07) is 19.8. The van der Waals surface area contributed by atoms with Gasteiger partial charge in [0.25, 0.3) is 27.6 Å². The van der Waals surface area contributed by atoms with Crippen LogP contribution in [0.2, 0.25) is 0 Å². The van der Waals surface area contributed by atoms with Crippen molar-refractivity contribution in [3.8, 4) is 11.5 Å². The van der Waals surface area contributed by atoms with Crippen molar-refractivity contribution in [3.63, 3.8) is 0 Å². The minimum Gasteiger partial charge on any atom is -0.452 e. The average Bonchev–Trinajstić information content (AvgIpc) is 3.97. The van der Waals surface area contributed by atoms with Crippen molar-refractivity contribution in [2.75, 3.05) is 36.4 Å². The van der Waals surface area contributed by atoms with Crippen LogP contribution in [0.25, 0.3) is 11.0 Å². The number of sulfonamides is 1. The Balaban J connectivity index is 0.866. The molecule has 0 bridgehead atoms. The second-order valence-corrected chi connectivity index (χ2v) is 22.2. The molecule has 354 valence electrons. The standard InChI is InChI=1S/C51H60FN7O7S/c1-31(2)37-7-4-5-8-38(37)39-9-6-10-42(39)58-29-51(30-58)20-23-57(24-21-51)35-12-13-40(44(27-35)66-45-26-34-17-22-53-48(34)55-47(45)52)49(60)56-67(64,65)36-25-33-11-14-41(32-15-18-50(3,61)19-16-32)54-46(33)43(28-36)59(62)63/h4-5,7-8,12-13,17,22,25-28,31-32,39,41-42,54,61H,6,9-11,14-16,18-21,23-24,29-30H2,1-3H3,(H,53,55)(H,56,60)/t32-,39-,41-,42-,50-/m1/s1. The number of nitro benzene ring substituents is 1. The summed E-state index contributed by atoms with van der Waals surface area (Å²) in [5, 5.41) is 26.8. The van der Waals surface area contributed by atoms with Crippen LogP contribution >= 0.6 is 0 Å². The van der Waals surface area contributed by atoms with Gasteiger partial charge < -0.3 is 25.0 Å². The lowest BCUT2D eigenvalue weighted by atomic mass is 9.70. The predicted molar refractivity (Wildman–Crippen MR) is 255 cm³/mol. The number of ether oxygens (including phenoxy) is 1. The van der Waals surface area contributed by atoms with Crippen molar-refractivity contribution >= 4 is 44.0 Å². The number of pyridine rings is 1. The van der Waals surface area contributed by atoms with Gasteiger partial charge in [0, 0.05) is 67.7 Å². The summed E-state index contributed by atoms with van der Waals surface area (Å²) in [6.45, 7) is 10.0. The summed E-state index contributed by atoms with van der Waals surface area (Å²) in [5.74, 6) is -1.04. The monoisotopic (exact) mass is 933 g/mol. The average molecular weight is 934 g/mol. The Morgan fingerprint density at radius 2 is 1.75 bits per heavy atom. The van der Waals surface area contributed by atoms with Crippen molar-refractivity contribution in [2.45, 2.75) is 126 Å². The lowest BCUT2D eigenvalue weighted by molar-refractivity contribution is -0.384. The Labute approximate surface area is 390 Å². The first-order valence-electron chi connectivity index (χ1n) is 24.0. The molecule has 14 nitrogen and oxygen atoms in total. The van der Waals surface area contributed by atoms with E-state index in [0.29, 0.717) is 60.2 Å². The fourth-order valence-electron chi connectivity index (χ4n) is 12.0. The zero-order valence-electron chi connectivity index (χ0n) is 38.4. The van der Waals surface area contributed by atoms with Crippen LogP contribution in [0.4, 0.5) is 21.5 Å². The summed E-state index contributed by atoms with van der Waals surface area (Å²) in [7, 11) is -4.66. The first-order chi connectivity index (χ1) is 32.1. The van der Waals surface area contributed by atoms with E-state index in [1.165, 1.54) is 48.6 Å². The lowest BCUT2D eigenvalue weighted by Crippen LogP contribution is -2.63. The van der Waals surface area contributed by atoms with Gasteiger partial charge in [0.1, 0.15) is 17.1 Å². The van der Waals surface area contributed by atoms with Gasteiger partial charge in [-0.1, -0.05) is 44.5 Å². The number of nitrogens with zero attached hydrogens (tertiary/aromatic N) is 4. The number of halogens is 1. The lowest BCUT2D eigenvalue weighted by Gasteiger charge is -2.57. The largest absolute Gasteiger partial charge is 0.452 e. The van der Waals surface area contributed by atoms with Gasteiger partial charge in [-0.2, -0.15) is 9.37 Å². The molecule has 0 unspecified atom stereocenters. The quantitative estimate of drug-likeness (QED) is 0.0562. The van der Waals surface area contributed by atoms with Crippen molar-refractivity contribution in [1.82, 2.24) is 19.6 Å². The number of carbonyl (C=O) groups excluding carboxylic acids is 1. The van der Waals surface area contributed by atoms with Crippen LogP contribution in [0.15, 0.2) is 77.8 Å². The number of benzene rings is 3. The number of hydrogen-bond donors (Lipinski definition) is 4. The molecular formula is C51H60FN7O7S. The number of fused-ring (bicyclic) bond motifs is 2. The van der Waals surface area contributed by atoms with E-state index in [2.05, 4.69) is 67.9 Å². The SMILES string of the molecule is CC(C)c1ccccc1[C@H]1CCC[C@H]1N1CC2(CCN(c3ccc(C(=O)NS(=O)(=O)c4cc5c(c([N+](=O)[O-])c4)N[C@@H]([C@H]4CC[C@](C)(O)CC4)CC5)c(Oc4cc5cc[nH]c5nc4F)c3)CC2)C1. The van der Waals surface area contributed by atoms with Crippen molar-refractivity contribution < 1.29 is 32.4 Å². The second kappa shape index (κ2) is 17.5. The molecular weight excluding hydrogens is 874 g/mol. The van der Waals surface area contributed by atoms with Crippen LogP contribution in [0.5, 0.6) is 11.5 Å². The highest BCUT2D eigenvalue weighted by molar-refractivity contribution is 7.90. The molecule has 16 heteroatoms. The normalized spacial score (nSPS) is 25.1. The molecule has 1 amide bonds. The number of hydrogen-bond acceptors (Lipinski definition) is 11. The first kappa shape index (κ1) is 45.2. The Hall–Kier alpha value is -5.58. The summed E-state index contributed by atoms with van der Waals surface area (Å²) < 4.78 is 51.8. The van der Waals surface area contributed by atoms with Crippen molar-refractivity contribution in [1.29, 1.82) is 0 Å². The highest BCUT2D eigenvalue weighted by atomic mass is 32.2. The second-order valence-electron chi connectivity index (χ2n) is 20.5. The minimum absolute atomic E-state index is 0.0632. The number of nitrogens with one attached hydrogen (secondary N) is 3. The molecule has 4 N–H and O–H groups in total. The number of piperidine rings is 1. The molecule has 0 radical (unpaired) electrons. The van der Waals surface area contributed by atoms with Gasteiger partial charge in [-0.3, -0.25) is 19.8 Å². The number of aliphatic hydroxyl groups is 1. The molecule has 10 rings (SSSR count). The third-order valence-electron chi connectivity index (χ3n) is 15.8. The maximum absolute atomic E-state index is 15.5. The van der Waals surface area contributed by atoms with Crippen LogP contribution in [-0.4, -0.2) is 83.1 Å². The van der Waals surface area contributed by atoms with E-state index in [9.17, 15) is 28.4 Å². The number of likely N-dealkylation sites (tertiary alicyclic amines) is 1. The third kappa shape index (κ3) is 8.88. The van der Waals surface area contributed by atoms with Gasteiger partial charge in [0.05, 0.1) is 21.0 Å². The molecule has 2 saturated carbocycles. The highest BCUT2D eigenvalue weighted by Gasteiger charge is 2.49. The Kier molecular flexibility index (Phi) is 11.8. The number of aromatic nitrogens is 2. The van der Waals surface area contributed by atoms with E-state index >= 15 is 4.39 Å². The molecule has 3 atom stereocenters. The molecule has 5 aromatic rings. The molecule has 4 fully saturated rings. The van der Waals surface area contributed by atoms with E-state index in [4.69, 9.17) is 4.74 Å². The molecule has 3 aliphatic heterocycles. The van der Waals surface area contributed by atoms with Gasteiger partial charge in [-0.15, -0.1) is 0 Å². The first-order valence-corrected chi connectivity index (χ1v) is 25.4. The molecule has 2 aromatic heterocycles. The maximum Gasteiger partial charge on any atom is 0.293 e. The van der Waals surface area contributed by atoms with Gasteiger partial charge in [0.15, 0.2) is 5.75 Å². The van der Waals surface area contributed by atoms with E-state index in [1.807, 2.05) is 6.92 Å². The summed E-state index contributed by atoms with van der Waals surface area (Å²) in [6.07, 6.45) is 11.1. The number of H-pyrrole nitrogens is 1. The number of aryl methyl sites for hydroxylation is 1. The number of carbonyl (C=O) groups is 1.